The molecule has 0 N–H and O–H groups in total. The summed E-state index contributed by atoms with van der Waals surface area (Å²) in [6.45, 7) is 1.47. The van der Waals surface area contributed by atoms with Gasteiger partial charge < -0.3 is 4.90 Å². The Morgan fingerprint density at radius 1 is 1.38 bits per heavy atom. The van der Waals surface area contributed by atoms with Gasteiger partial charge in [0.15, 0.2) is 0 Å². The minimum absolute atomic E-state index is 0.0405. The molecule has 0 aliphatic carbocycles. The highest BCUT2D eigenvalue weighted by molar-refractivity contribution is 9.10. The molecule has 0 saturated carbocycles. The first-order chi connectivity index (χ1) is 7.68. The van der Waals surface area contributed by atoms with Crippen LogP contribution in [-0.4, -0.2) is 23.9 Å². The van der Waals surface area contributed by atoms with Gasteiger partial charge in [-0.3, -0.25) is 4.79 Å². The van der Waals surface area contributed by atoms with Crippen LogP contribution >= 0.6 is 27.5 Å². The summed E-state index contributed by atoms with van der Waals surface area (Å²) in [5, 5.41) is 0.568. The van der Waals surface area contributed by atoms with Gasteiger partial charge in [-0.2, -0.15) is 0 Å². The molecular formula is C12H11BrClNO. The number of halogens is 2. The Labute approximate surface area is 108 Å². The second kappa shape index (κ2) is 5.02. The molecule has 84 valence electrons. The van der Waals surface area contributed by atoms with Gasteiger partial charge in [-0.25, -0.2) is 0 Å². The Morgan fingerprint density at radius 2 is 2.19 bits per heavy atom. The van der Waals surface area contributed by atoms with Gasteiger partial charge in [0.2, 0.25) is 0 Å². The fourth-order valence-corrected chi connectivity index (χ4v) is 2.06. The van der Waals surface area contributed by atoms with Crippen molar-refractivity contribution in [3.63, 3.8) is 0 Å². The van der Waals surface area contributed by atoms with Gasteiger partial charge in [0.25, 0.3) is 5.91 Å². The van der Waals surface area contributed by atoms with E-state index < -0.39 is 0 Å². The first kappa shape index (κ1) is 11.7. The predicted molar refractivity (Wildman–Crippen MR) is 68.8 cm³/mol. The lowest BCUT2D eigenvalue weighted by molar-refractivity contribution is 0.0771. The van der Waals surface area contributed by atoms with Crippen molar-refractivity contribution in [2.24, 2.45) is 0 Å². The Balaban J connectivity index is 2.20. The van der Waals surface area contributed by atoms with Crippen LogP contribution in [0.25, 0.3) is 0 Å². The number of benzene rings is 1. The summed E-state index contributed by atoms with van der Waals surface area (Å²) in [4.78, 5) is 13.9. The minimum atomic E-state index is 0.0405. The SMILES string of the molecule is O=C(c1ccc(Br)c(Cl)c1)N1CC=CCC1. The average Bonchev–Trinajstić information content (AvgIpc) is 2.33. The maximum atomic E-state index is 12.1. The highest BCUT2D eigenvalue weighted by Gasteiger charge is 2.16. The molecule has 1 aliphatic rings. The lowest BCUT2D eigenvalue weighted by Gasteiger charge is -2.23. The lowest BCUT2D eigenvalue weighted by atomic mass is 10.1. The quantitative estimate of drug-likeness (QED) is 0.727. The van der Waals surface area contributed by atoms with Gasteiger partial charge >= 0.3 is 0 Å². The number of nitrogens with zero attached hydrogens (tertiary/aromatic N) is 1. The standard InChI is InChI=1S/C12H11BrClNO/c13-10-5-4-9(8-11(10)14)12(16)15-6-2-1-3-7-15/h1-2,4-5,8H,3,6-7H2. The first-order valence-corrected chi connectivity index (χ1v) is 6.25. The smallest absolute Gasteiger partial charge is 0.254 e. The van der Waals surface area contributed by atoms with Crippen molar-refractivity contribution in [1.29, 1.82) is 0 Å². The molecule has 1 amide bonds. The van der Waals surface area contributed by atoms with Crippen LogP contribution in [0.5, 0.6) is 0 Å². The molecule has 0 fully saturated rings. The third-order valence-electron chi connectivity index (χ3n) is 2.51. The van der Waals surface area contributed by atoms with Crippen LogP contribution in [0.4, 0.5) is 0 Å². The number of rotatable bonds is 1. The third-order valence-corrected chi connectivity index (χ3v) is 3.74. The van der Waals surface area contributed by atoms with Crippen LogP contribution in [0.15, 0.2) is 34.8 Å². The molecule has 1 aliphatic heterocycles. The molecule has 2 rings (SSSR count). The van der Waals surface area contributed by atoms with Gasteiger partial charge in [0, 0.05) is 23.1 Å². The summed E-state index contributed by atoms with van der Waals surface area (Å²) in [7, 11) is 0. The Hall–Kier alpha value is -0.800. The first-order valence-electron chi connectivity index (χ1n) is 5.08. The van der Waals surface area contributed by atoms with E-state index in [1.165, 1.54) is 0 Å². The van der Waals surface area contributed by atoms with E-state index in [9.17, 15) is 4.79 Å². The zero-order valence-electron chi connectivity index (χ0n) is 8.62. The van der Waals surface area contributed by atoms with Crippen LogP contribution in [-0.2, 0) is 0 Å². The zero-order chi connectivity index (χ0) is 11.5. The van der Waals surface area contributed by atoms with Gasteiger partial charge in [-0.15, -0.1) is 0 Å². The van der Waals surface area contributed by atoms with E-state index in [1.807, 2.05) is 11.0 Å². The van der Waals surface area contributed by atoms with E-state index in [4.69, 9.17) is 11.6 Å². The second-order valence-electron chi connectivity index (χ2n) is 3.64. The fourth-order valence-electron chi connectivity index (χ4n) is 1.64. The van der Waals surface area contributed by atoms with E-state index >= 15 is 0 Å². The molecule has 1 aromatic carbocycles. The highest BCUT2D eigenvalue weighted by atomic mass is 79.9. The second-order valence-corrected chi connectivity index (χ2v) is 4.90. The van der Waals surface area contributed by atoms with Crippen LogP contribution in [0.2, 0.25) is 5.02 Å². The molecule has 0 saturated heterocycles. The molecule has 16 heavy (non-hydrogen) atoms. The van der Waals surface area contributed by atoms with Gasteiger partial charge in [0.1, 0.15) is 0 Å². The molecule has 0 aromatic heterocycles. The van der Waals surface area contributed by atoms with Crippen LogP contribution < -0.4 is 0 Å². The number of hydrogen-bond acceptors (Lipinski definition) is 1. The van der Waals surface area contributed by atoms with Crippen molar-refractivity contribution in [1.82, 2.24) is 4.90 Å². The van der Waals surface area contributed by atoms with E-state index in [-0.39, 0.29) is 5.91 Å². The summed E-state index contributed by atoms with van der Waals surface area (Å²) < 4.78 is 0.809. The number of amides is 1. The van der Waals surface area contributed by atoms with E-state index in [1.54, 1.807) is 18.2 Å². The molecule has 0 radical (unpaired) electrons. The normalized spacial score (nSPS) is 15.2. The molecule has 1 aromatic rings. The van der Waals surface area contributed by atoms with E-state index in [0.717, 1.165) is 17.4 Å². The van der Waals surface area contributed by atoms with Crippen molar-refractivity contribution in [2.75, 3.05) is 13.1 Å². The Kier molecular flexibility index (Phi) is 3.66. The minimum Gasteiger partial charge on any atom is -0.335 e. The topological polar surface area (TPSA) is 20.3 Å². The number of carbonyl (C=O) groups excluding carboxylic acids is 1. The van der Waals surface area contributed by atoms with Crippen LogP contribution in [0, 0.1) is 0 Å². The van der Waals surface area contributed by atoms with Crippen LogP contribution in [0.3, 0.4) is 0 Å². The number of carbonyl (C=O) groups is 1. The average molecular weight is 301 g/mol. The molecule has 2 nitrogen and oxygen atoms in total. The van der Waals surface area contributed by atoms with Gasteiger partial charge in [0.05, 0.1) is 5.02 Å². The molecule has 1 heterocycles. The van der Waals surface area contributed by atoms with Crippen molar-refractivity contribution in [2.45, 2.75) is 6.42 Å². The molecule has 4 heteroatoms. The van der Waals surface area contributed by atoms with Crippen LogP contribution in [0.1, 0.15) is 16.8 Å². The zero-order valence-corrected chi connectivity index (χ0v) is 11.0. The maximum absolute atomic E-state index is 12.1. The largest absolute Gasteiger partial charge is 0.335 e. The van der Waals surface area contributed by atoms with Crippen molar-refractivity contribution >= 4 is 33.4 Å². The summed E-state index contributed by atoms with van der Waals surface area (Å²) in [6.07, 6.45) is 5.04. The van der Waals surface area contributed by atoms with E-state index in [2.05, 4.69) is 22.0 Å². The molecule has 0 atom stereocenters. The lowest BCUT2D eigenvalue weighted by Crippen LogP contribution is -2.33. The summed E-state index contributed by atoms with van der Waals surface area (Å²) in [5.41, 5.74) is 0.642. The maximum Gasteiger partial charge on any atom is 0.254 e. The predicted octanol–water partition coefficient (Wildman–Crippen LogP) is 3.50. The molecular weight excluding hydrogens is 289 g/mol. The van der Waals surface area contributed by atoms with Crippen molar-refractivity contribution in [3.05, 3.63) is 45.4 Å². The van der Waals surface area contributed by atoms with Gasteiger partial charge in [-0.1, -0.05) is 23.8 Å². The monoisotopic (exact) mass is 299 g/mol. The van der Waals surface area contributed by atoms with Crippen molar-refractivity contribution in [3.8, 4) is 0 Å². The highest BCUT2D eigenvalue weighted by Crippen LogP contribution is 2.24. The number of hydrogen-bond donors (Lipinski definition) is 0. The Morgan fingerprint density at radius 3 is 2.81 bits per heavy atom. The van der Waals surface area contributed by atoms with E-state index in [0.29, 0.717) is 17.1 Å². The molecule has 0 bridgehead atoms. The summed E-state index contributed by atoms with van der Waals surface area (Å²) in [6, 6.07) is 5.29. The summed E-state index contributed by atoms with van der Waals surface area (Å²) >= 11 is 9.27. The third kappa shape index (κ3) is 2.47. The Bertz CT molecular complexity index is 445. The fraction of sp³-hybridized carbons (Fsp3) is 0.250. The molecule has 0 spiro atoms. The molecule has 0 unspecified atom stereocenters. The van der Waals surface area contributed by atoms with Crippen molar-refractivity contribution < 1.29 is 4.79 Å². The summed E-state index contributed by atoms with van der Waals surface area (Å²) in [5.74, 6) is 0.0405. The van der Waals surface area contributed by atoms with Gasteiger partial charge in [-0.05, 0) is 40.5 Å².